The van der Waals surface area contributed by atoms with Gasteiger partial charge in [0.05, 0.1) is 0 Å². The van der Waals surface area contributed by atoms with Crippen LogP contribution >= 0.6 is 0 Å². The number of amides is 2. The van der Waals surface area contributed by atoms with E-state index in [0.29, 0.717) is 25.1 Å². The number of benzene rings is 2. The maximum atomic E-state index is 12.1. The van der Waals surface area contributed by atoms with Crippen LogP contribution in [0.5, 0.6) is 0 Å². The molecule has 2 aromatic carbocycles. The van der Waals surface area contributed by atoms with Crippen molar-refractivity contribution < 1.29 is 9.59 Å². The summed E-state index contributed by atoms with van der Waals surface area (Å²) in [7, 11) is 0. The van der Waals surface area contributed by atoms with Gasteiger partial charge in [-0.1, -0.05) is 36.4 Å². The van der Waals surface area contributed by atoms with Gasteiger partial charge in [-0.3, -0.25) is 9.59 Å². The third kappa shape index (κ3) is 3.17. The number of para-hydroxylation sites is 1. The number of nitrogens with zero attached hydrogens (tertiary/aromatic N) is 1. The first-order valence-electron chi connectivity index (χ1n) is 7.42. The first-order valence-corrected chi connectivity index (χ1v) is 7.42. The van der Waals surface area contributed by atoms with E-state index in [1.165, 1.54) is 0 Å². The molecule has 0 aromatic heterocycles. The molecule has 112 valence electrons. The van der Waals surface area contributed by atoms with Gasteiger partial charge in [-0.2, -0.15) is 0 Å². The fourth-order valence-electron chi connectivity index (χ4n) is 2.70. The average Bonchev–Trinajstić information content (AvgIpc) is 2.95. The van der Waals surface area contributed by atoms with Crippen molar-refractivity contribution in [2.75, 3.05) is 18.0 Å². The van der Waals surface area contributed by atoms with Crippen molar-refractivity contribution in [3.63, 3.8) is 0 Å². The van der Waals surface area contributed by atoms with Gasteiger partial charge in [-0.05, 0) is 24.3 Å². The van der Waals surface area contributed by atoms with Crippen molar-refractivity contribution in [2.45, 2.75) is 6.42 Å². The van der Waals surface area contributed by atoms with E-state index in [0.717, 1.165) is 5.69 Å². The number of anilines is 1. The molecule has 0 aliphatic carbocycles. The van der Waals surface area contributed by atoms with Crippen molar-refractivity contribution in [1.82, 2.24) is 5.32 Å². The van der Waals surface area contributed by atoms with E-state index in [9.17, 15) is 9.59 Å². The Bertz CT molecular complexity index is 655. The normalized spacial score (nSPS) is 17.5. The van der Waals surface area contributed by atoms with Crippen LogP contribution in [0, 0.1) is 5.92 Å². The molecule has 1 unspecified atom stereocenters. The predicted octanol–water partition coefficient (Wildman–Crippen LogP) is 2.47. The molecule has 1 heterocycles. The third-order valence-corrected chi connectivity index (χ3v) is 3.86. The topological polar surface area (TPSA) is 49.4 Å². The fraction of sp³-hybridized carbons (Fsp3) is 0.222. The van der Waals surface area contributed by atoms with E-state index < -0.39 is 0 Å². The van der Waals surface area contributed by atoms with Gasteiger partial charge in [0.25, 0.3) is 5.91 Å². The van der Waals surface area contributed by atoms with Crippen LogP contribution in [0.25, 0.3) is 0 Å². The Kier molecular flexibility index (Phi) is 4.19. The molecule has 0 bridgehead atoms. The zero-order valence-corrected chi connectivity index (χ0v) is 12.2. The van der Waals surface area contributed by atoms with E-state index >= 15 is 0 Å². The van der Waals surface area contributed by atoms with E-state index in [4.69, 9.17) is 0 Å². The standard InChI is InChI=1S/C18H18N2O2/c21-17-11-14(13-20(17)16-9-5-2-6-10-16)12-19-18(22)15-7-3-1-4-8-15/h1-10,14H,11-13H2,(H,19,22). The molecular formula is C18H18N2O2. The van der Waals surface area contributed by atoms with Gasteiger partial charge < -0.3 is 10.2 Å². The van der Waals surface area contributed by atoms with E-state index in [2.05, 4.69) is 5.32 Å². The minimum absolute atomic E-state index is 0.0915. The number of hydrogen-bond acceptors (Lipinski definition) is 2. The van der Waals surface area contributed by atoms with Crippen molar-refractivity contribution in [2.24, 2.45) is 5.92 Å². The monoisotopic (exact) mass is 294 g/mol. The van der Waals surface area contributed by atoms with Crippen LogP contribution in [0.1, 0.15) is 16.8 Å². The molecular weight excluding hydrogens is 276 g/mol. The summed E-state index contributed by atoms with van der Waals surface area (Å²) in [6.45, 7) is 1.17. The molecule has 0 spiro atoms. The Morgan fingerprint density at radius 3 is 2.36 bits per heavy atom. The molecule has 1 atom stereocenters. The minimum Gasteiger partial charge on any atom is -0.352 e. The summed E-state index contributed by atoms with van der Waals surface area (Å²) < 4.78 is 0. The lowest BCUT2D eigenvalue weighted by Gasteiger charge is -2.16. The number of carbonyl (C=O) groups excluding carboxylic acids is 2. The zero-order valence-electron chi connectivity index (χ0n) is 12.2. The highest BCUT2D eigenvalue weighted by Crippen LogP contribution is 2.24. The summed E-state index contributed by atoms with van der Waals surface area (Å²) in [5.74, 6) is 0.178. The molecule has 4 heteroatoms. The maximum Gasteiger partial charge on any atom is 0.251 e. The fourth-order valence-corrected chi connectivity index (χ4v) is 2.70. The van der Waals surface area contributed by atoms with Crippen molar-refractivity contribution in [3.8, 4) is 0 Å². The zero-order chi connectivity index (χ0) is 15.4. The Labute approximate surface area is 129 Å². The summed E-state index contributed by atoms with van der Waals surface area (Å²) in [5.41, 5.74) is 1.57. The number of nitrogens with one attached hydrogen (secondary N) is 1. The van der Waals surface area contributed by atoms with Crippen LogP contribution < -0.4 is 10.2 Å². The highest BCUT2D eigenvalue weighted by molar-refractivity contribution is 5.96. The Balaban J connectivity index is 1.57. The van der Waals surface area contributed by atoms with Gasteiger partial charge in [0, 0.05) is 36.7 Å². The van der Waals surface area contributed by atoms with E-state index in [-0.39, 0.29) is 17.7 Å². The minimum atomic E-state index is -0.0915. The maximum absolute atomic E-state index is 12.1. The average molecular weight is 294 g/mol. The van der Waals surface area contributed by atoms with E-state index in [1.807, 2.05) is 48.5 Å². The molecule has 1 aliphatic rings. The summed E-state index contributed by atoms with van der Waals surface area (Å²) >= 11 is 0. The van der Waals surface area contributed by atoms with Crippen molar-refractivity contribution in [3.05, 3.63) is 66.2 Å². The first-order chi connectivity index (χ1) is 10.7. The van der Waals surface area contributed by atoms with Crippen LogP contribution in [0.2, 0.25) is 0 Å². The van der Waals surface area contributed by atoms with Crippen LogP contribution in [0.15, 0.2) is 60.7 Å². The summed E-state index contributed by atoms with van der Waals surface area (Å²) in [4.78, 5) is 25.9. The van der Waals surface area contributed by atoms with Crippen LogP contribution in [-0.4, -0.2) is 24.9 Å². The number of rotatable bonds is 4. The van der Waals surface area contributed by atoms with Crippen molar-refractivity contribution >= 4 is 17.5 Å². The first kappa shape index (κ1) is 14.3. The summed E-state index contributed by atoms with van der Waals surface area (Å²) in [6, 6.07) is 18.8. The lowest BCUT2D eigenvalue weighted by Crippen LogP contribution is -2.31. The quantitative estimate of drug-likeness (QED) is 0.941. The van der Waals surface area contributed by atoms with Crippen molar-refractivity contribution in [1.29, 1.82) is 0 Å². The highest BCUT2D eigenvalue weighted by atomic mass is 16.2. The SMILES string of the molecule is O=C(NCC1CC(=O)N(c2ccccc2)C1)c1ccccc1. The molecule has 1 saturated heterocycles. The smallest absolute Gasteiger partial charge is 0.251 e. The Morgan fingerprint density at radius 1 is 1.05 bits per heavy atom. The summed E-state index contributed by atoms with van der Waals surface area (Å²) in [6.07, 6.45) is 0.476. The molecule has 3 rings (SSSR count). The van der Waals surface area contributed by atoms with Crippen LogP contribution in [0.3, 0.4) is 0 Å². The molecule has 1 fully saturated rings. The van der Waals surface area contributed by atoms with Gasteiger partial charge >= 0.3 is 0 Å². The largest absolute Gasteiger partial charge is 0.352 e. The summed E-state index contributed by atoms with van der Waals surface area (Å²) in [5, 5.41) is 2.92. The molecule has 0 radical (unpaired) electrons. The van der Waals surface area contributed by atoms with Gasteiger partial charge in [0.2, 0.25) is 5.91 Å². The Hall–Kier alpha value is -2.62. The van der Waals surface area contributed by atoms with Crippen LogP contribution in [-0.2, 0) is 4.79 Å². The molecule has 4 nitrogen and oxygen atoms in total. The van der Waals surface area contributed by atoms with Gasteiger partial charge in [0.1, 0.15) is 0 Å². The second-order valence-electron chi connectivity index (χ2n) is 5.49. The van der Waals surface area contributed by atoms with Gasteiger partial charge in [-0.25, -0.2) is 0 Å². The van der Waals surface area contributed by atoms with Gasteiger partial charge in [0.15, 0.2) is 0 Å². The number of carbonyl (C=O) groups is 2. The molecule has 0 saturated carbocycles. The van der Waals surface area contributed by atoms with Crippen LogP contribution in [0.4, 0.5) is 5.69 Å². The molecule has 22 heavy (non-hydrogen) atoms. The lowest BCUT2D eigenvalue weighted by atomic mass is 10.1. The van der Waals surface area contributed by atoms with Gasteiger partial charge in [-0.15, -0.1) is 0 Å². The molecule has 1 N–H and O–H groups in total. The third-order valence-electron chi connectivity index (χ3n) is 3.86. The second-order valence-corrected chi connectivity index (χ2v) is 5.49. The molecule has 2 amide bonds. The predicted molar refractivity (Wildman–Crippen MR) is 85.7 cm³/mol. The molecule has 1 aliphatic heterocycles. The second kappa shape index (κ2) is 6.43. The lowest BCUT2D eigenvalue weighted by molar-refractivity contribution is -0.117. The Morgan fingerprint density at radius 2 is 1.68 bits per heavy atom. The van der Waals surface area contributed by atoms with E-state index in [1.54, 1.807) is 17.0 Å². The highest BCUT2D eigenvalue weighted by Gasteiger charge is 2.30. The molecule has 2 aromatic rings. The number of hydrogen-bond donors (Lipinski definition) is 1.